The van der Waals surface area contributed by atoms with Crippen molar-refractivity contribution in [3.05, 3.63) is 88.0 Å². The van der Waals surface area contributed by atoms with Gasteiger partial charge in [0.15, 0.2) is 5.58 Å². The van der Waals surface area contributed by atoms with Crippen molar-refractivity contribution in [1.82, 2.24) is 9.55 Å². The van der Waals surface area contributed by atoms with Gasteiger partial charge in [0.05, 0.1) is 11.6 Å². The average Bonchev–Trinajstić information content (AvgIpc) is 3.11. The molecule has 2 aromatic carbocycles. The maximum atomic E-state index is 15.0. The molecular weight excluding hydrogens is 466 g/mol. The highest BCUT2D eigenvalue weighted by Gasteiger charge is 2.25. The SMILES string of the molecule is C/N=C\Cc1ccccc1[C@@H](C)n1c(=O)oc2cc(S(=O)(=O)Nc3cccc(F)n3)c(F)cc21. The summed E-state index contributed by atoms with van der Waals surface area (Å²) in [5, 5.41) is 0. The standard InChI is InChI=1S/C23H20F2N4O4S/c1-14(16-7-4-3-6-15(16)10-11-26-2)29-18-12-17(24)20(13-19(18)33-23(29)30)34(31,32)28-22-9-5-8-21(25)27-22/h3-9,11-14H,10H2,1-2H3,(H,27,28)/b26-11-/t14-/m1/s1. The normalized spacial score (nSPS) is 12.9. The quantitative estimate of drug-likeness (QED) is 0.315. The molecule has 2 heterocycles. The summed E-state index contributed by atoms with van der Waals surface area (Å²) in [5.41, 5.74) is 1.71. The van der Waals surface area contributed by atoms with Crippen LogP contribution in [0, 0.1) is 11.8 Å². The van der Waals surface area contributed by atoms with E-state index in [4.69, 9.17) is 4.42 Å². The van der Waals surface area contributed by atoms with Crippen molar-refractivity contribution in [2.24, 2.45) is 4.99 Å². The molecule has 2 aromatic heterocycles. The molecule has 0 amide bonds. The van der Waals surface area contributed by atoms with Crippen LogP contribution in [0.25, 0.3) is 11.1 Å². The fraction of sp³-hybridized carbons (Fsp3) is 0.174. The molecule has 0 fully saturated rings. The van der Waals surface area contributed by atoms with E-state index in [-0.39, 0.29) is 16.9 Å². The molecule has 1 N–H and O–H groups in total. The lowest BCUT2D eigenvalue weighted by Crippen LogP contribution is -2.20. The van der Waals surface area contributed by atoms with Crippen LogP contribution in [0.3, 0.4) is 0 Å². The van der Waals surface area contributed by atoms with Crippen molar-refractivity contribution in [2.75, 3.05) is 11.8 Å². The summed E-state index contributed by atoms with van der Waals surface area (Å²) in [6.45, 7) is 1.76. The molecule has 4 aromatic rings. The molecule has 1 atom stereocenters. The van der Waals surface area contributed by atoms with E-state index >= 15 is 4.39 Å². The van der Waals surface area contributed by atoms with Gasteiger partial charge in [-0.3, -0.25) is 9.29 Å². The van der Waals surface area contributed by atoms with E-state index in [9.17, 15) is 17.6 Å². The summed E-state index contributed by atoms with van der Waals surface area (Å²) in [7, 11) is -2.82. The van der Waals surface area contributed by atoms with Gasteiger partial charge in [0.1, 0.15) is 16.5 Å². The first-order valence-electron chi connectivity index (χ1n) is 10.2. The second-order valence-electron chi connectivity index (χ2n) is 7.46. The second-order valence-corrected chi connectivity index (χ2v) is 9.11. The lowest BCUT2D eigenvalue weighted by molar-refractivity contribution is 0.488. The average molecular weight is 487 g/mol. The van der Waals surface area contributed by atoms with Gasteiger partial charge in [0.2, 0.25) is 5.95 Å². The predicted molar refractivity (Wildman–Crippen MR) is 124 cm³/mol. The van der Waals surface area contributed by atoms with Crippen LogP contribution in [0.5, 0.6) is 0 Å². The van der Waals surface area contributed by atoms with Gasteiger partial charge in [-0.05, 0) is 30.2 Å². The molecule has 0 aliphatic carbocycles. The van der Waals surface area contributed by atoms with Crippen LogP contribution in [0.15, 0.2) is 73.7 Å². The Kier molecular flexibility index (Phi) is 6.29. The summed E-state index contributed by atoms with van der Waals surface area (Å²) < 4.78 is 62.3. The van der Waals surface area contributed by atoms with Gasteiger partial charge in [0, 0.05) is 31.8 Å². The van der Waals surface area contributed by atoms with E-state index in [1.807, 2.05) is 29.0 Å². The lowest BCUT2D eigenvalue weighted by atomic mass is 9.99. The number of oxazole rings is 1. The Morgan fingerprint density at radius 3 is 2.68 bits per heavy atom. The number of aromatic nitrogens is 2. The minimum Gasteiger partial charge on any atom is -0.408 e. The minimum absolute atomic E-state index is 0.0943. The first-order valence-corrected chi connectivity index (χ1v) is 11.7. The zero-order chi connectivity index (χ0) is 24.5. The largest absolute Gasteiger partial charge is 0.420 e. The number of hydrogen-bond donors (Lipinski definition) is 1. The van der Waals surface area contributed by atoms with Crippen LogP contribution < -0.4 is 10.5 Å². The van der Waals surface area contributed by atoms with E-state index in [2.05, 4.69) is 9.98 Å². The minimum atomic E-state index is -4.49. The van der Waals surface area contributed by atoms with Crippen molar-refractivity contribution in [3.8, 4) is 0 Å². The lowest BCUT2D eigenvalue weighted by Gasteiger charge is -2.17. The maximum Gasteiger partial charge on any atom is 0.420 e. The molecule has 0 aliphatic heterocycles. The zero-order valence-electron chi connectivity index (χ0n) is 18.2. The third-order valence-electron chi connectivity index (χ3n) is 5.30. The number of nitrogens with one attached hydrogen (secondary N) is 1. The second kappa shape index (κ2) is 9.18. The topological polar surface area (TPSA) is 107 Å². The Hall–Kier alpha value is -3.86. The van der Waals surface area contributed by atoms with Crippen molar-refractivity contribution in [2.45, 2.75) is 24.3 Å². The molecule has 34 heavy (non-hydrogen) atoms. The van der Waals surface area contributed by atoms with E-state index in [1.165, 1.54) is 16.7 Å². The third kappa shape index (κ3) is 4.46. The van der Waals surface area contributed by atoms with Gasteiger partial charge in [-0.15, -0.1) is 0 Å². The van der Waals surface area contributed by atoms with Gasteiger partial charge in [-0.1, -0.05) is 30.3 Å². The van der Waals surface area contributed by atoms with Crippen LogP contribution in [-0.4, -0.2) is 31.2 Å². The molecule has 176 valence electrons. The van der Waals surface area contributed by atoms with Crippen molar-refractivity contribution < 1.29 is 21.6 Å². The summed E-state index contributed by atoms with van der Waals surface area (Å²) in [6, 6.07) is 12.3. The number of halogens is 2. The Labute approximate surface area is 193 Å². The Balaban J connectivity index is 1.78. The van der Waals surface area contributed by atoms with Crippen LogP contribution in [-0.2, 0) is 16.4 Å². The zero-order valence-corrected chi connectivity index (χ0v) is 19.0. The smallest absolute Gasteiger partial charge is 0.408 e. The van der Waals surface area contributed by atoms with Gasteiger partial charge >= 0.3 is 5.76 Å². The first-order chi connectivity index (χ1) is 16.2. The first kappa shape index (κ1) is 23.3. The molecule has 0 radical (unpaired) electrons. The Bertz CT molecular complexity index is 1560. The summed E-state index contributed by atoms with van der Waals surface area (Å²) in [4.78, 5) is 19.4. The van der Waals surface area contributed by atoms with E-state index in [1.54, 1.807) is 20.2 Å². The highest BCUT2D eigenvalue weighted by molar-refractivity contribution is 7.92. The molecular formula is C23H20F2N4O4S. The number of sulfonamides is 1. The summed E-state index contributed by atoms with van der Waals surface area (Å²) in [5.74, 6) is -3.10. The molecule has 0 saturated heterocycles. The fourth-order valence-corrected chi connectivity index (χ4v) is 4.80. The van der Waals surface area contributed by atoms with Crippen LogP contribution in [0.4, 0.5) is 14.6 Å². The van der Waals surface area contributed by atoms with E-state index < -0.39 is 38.5 Å². The number of pyridine rings is 1. The summed E-state index contributed by atoms with van der Waals surface area (Å²) in [6.07, 6.45) is 2.27. The predicted octanol–water partition coefficient (Wildman–Crippen LogP) is 3.92. The number of aliphatic imine (C=N–C) groups is 1. The van der Waals surface area contributed by atoms with Crippen molar-refractivity contribution in [1.29, 1.82) is 0 Å². The maximum absolute atomic E-state index is 15.0. The fourth-order valence-electron chi connectivity index (χ4n) is 3.72. The molecule has 0 spiro atoms. The number of anilines is 1. The van der Waals surface area contributed by atoms with Crippen LogP contribution in [0.1, 0.15) is 24.1 Å². The molecule has 11 heteroatoms. The molecule has 0 aliphatic rings. The number of benzene rings is 2. The Morgan fingerprint density at radius 1 is 1.18 bits per heavy atom. The van der Waals surface area contributed by atoms with Gasteiger partial charge in [-0.25, -0.2) is 22.6 Å². The monoisotopic (exact) mass is 486 g/mol. The number of hydrogen-bond acceptors (Lipinski definition) is 6. The highest BCUT2D eigenvalue weighted by atomic mass is 32.2. The van der Waals surface area contributed by atoms with Crippen LogP contribution >= 0.6 is 0 Å². The molecule has 0 bridgehead atoms. The van der Waals surface area contributed by atoms with Crippen molar-refractivity contribution in [3.63, 3.8) is 0 Å². The molecule has 0 saturated carbocycles. The molecule has 8 nitrogen and oxygen atoms in total. The van der Waals surface area contributed by atoms with Crippen molar-refractivity contribution >= 4 is 33.2 Å². The molecule has 4 rings (SSSR count). The number of nitrogens with zero attached hydrogens (tertiary/aromatic N) is 3. The van der Waals surface area contributed by atoms with Gasteiger partial charge in [0.25, 0.3) is 10.0 Å². The molecule has 0 unspecified atom stereocenters. The number of fused-ring (bicyclic) bond motifs is 1. The number of rotatable bonds is 7. The third-order valence-corrected chi connectivity index (χ3v) is 6.67. The highest BCUT2D eigenvalue weighted by Crippen LogP contribution is 2.29. The van der Waals surface area contributed by atoms with E-state index in [0.717, 1.165) is 29.3 Å². The van der Waals surface area contributed by atoms with Crippen LogP contribution in [0.2, 0.25) is 0 Å². The van der Waals surface area contributed by atoms with Gasteiger partial charge < -0.3 is 9.41 Å². The summed E-state index contributed by atoms with van der Waals surface area (Å²) >= 11 is 0. The van der Waals surface area contributed by atoms with E-state index in [0.29, 0.717) is 6.42 Å². The Morgan fingerprint density at radius 2 is 1.94 bits per heavy atom. The van der Waals surface area contributed by atoms with Gasteiger partial charge in [-0.2, -0.15) is 4.39 Å².